The van der Waals surface area contributed by atoms with Crippen LogP contribution in [0.1, 0.15) is 27.2 Å². The smallest absolute Gasteiger partial charge is 0.323 e. The quantitative estimate of drug-likeness (QED) is 0.694. The van der Waals surface area contributed by atoms with Crippen LogP contribution in [0.15, 0.2) is 0 Å². The fraction of sp³-hybridized carbons (Fsp3) is 0.800. The van der Waals surface area contributed by atoms with Crippen molar-refractivity contribution in [3.05, 3.63) is 0 Å². The van der Waals surface area contributed by atoms with Gasteiger partial charge in [0.15, 0.2) is 0 Å². The molecule has 1 N–H and O–H groups in total. The maximum atomic E-state index is 11.3. The molecular weight excluding hydrogens is 198 g/mol. The number of hydrogen-bond donors (Lipinski definition) is 1. The topological polar surface area (TPSA) is 64.6 Å². The Hall–Kier alpha value is -1.10. The first kappa shape index (κ1) is 13.9. The Morgan fingerprint density at radius 3 is 2.07 bits per heavy atom. The minimum atomic E-state index is -0.664. The van der Waals surface area contributed by atoms with Gasteiger partial charge in [-0.25, -0.2) is 0 Å². The van der Waals surface area contributed by atoms with Gasteiger partial charge in [-0.1, -0.05) is 0 Å². The molecule has 5 heteroatoms. The Bertz CT molecular complexity index is 232. The fourth-order valence-electron chi connectivity index (χ4n) is 1.11. The van der Waals surface area contributed by atoms with Gasteiger partial charge in [-0.2, -0.15) is 0 Å². The van der Waals surface area contributed by atoms with E-state index in [4.69, 9.17) is 0 Å². The highest BCUT2D eigenvalue weighted by Gasteiger charge is 2.27. The Morgan fingerprint density at radius 2 is 1.73 bits per heavy atom. The van der Waals surface area contributed by atoms with Crippen LogP contribution in [0.3, 0.4) is 0 Å². The van der Waals surface area contributed by atoms with Gasteiger partial charge in [0.25, 0.3) is 0 Å². The summed E-state index contributed by atoms with van der Waals surface area (Å²) in [6.45, 7) is 5.71. The second kappa shape index (κ2) is 5.70. The third-order valence-corrected chi connectivity index (χ3v) is 1.69. The van der Waals surface area contributed by atoms with Gasteiger partial charge >= 0.3 is 11.9 Å². The van der Waals surface area contributed by atoms with Crippen molar-refractivity contribution in [2.24, 2.45) is 0 Å². The third-order valence-electron chi connectivity index (χ3n) is 1.69. The number of carbonyl (C=O) groups excluding carboxylic acids is 2. The molecule has 88 valence electrons. The molecule has 1 unspecified atom stereocenters. The van der Waals surface area contributed by atoms with Crippen LogP contribution in [-0.2, 0) is 19.1 Å². The zero-order valence-corrected chi connectivity index (χ0v) is 9.92. The molecule has 0 aromatic heterocycles. The highest BCUT2D eigenvalue weighted by atomic mass is 16.5. The second-order valence-corrected chi connectivity index (χ2v) is 4.25. The van der Waals surface area contributed by atoms with Crippen molar-refractivity contribution >= 4 is 11.9 Å². The average molecular weight is 217 g/mol. The van der Waals surface area contributed by atoms with E-state index < -0.39 is 18.0 Å². The maximum Gasteiger partial charge on any atom is 0.323 e. The van der Waals surface area contributed by atoms with E-state index in [9.17, 15) is 9.59 Å². The standard InChI is InChI=1S/C10H19NO4/c1-10(2,3)11-7(9(13)15-5)6-8(12)14-4/h7,11H,6H2,1-5H3. The maximum absolute atomic E-state index is 11.3. The van der Waals surface area contributed by atoms with E-state index in [1.54, 1.807) is 0 Å². The van der Waals surface area contributed by atoms with Crippen molar-refractivity contribution in [1.29, 1.82) is 0 Å². The first-order valence-corrected chi connectivity index (χ1v) is 4.72. The molecule has 0 rings (SSSR count). The predicted molar refractivity (Wildman–Crippen MR) is 55.3 cm³/mol. The summed E-state index contributed by atoms with van der Waals surface area (Å²) in [6.07, 6.45) is -0.0273. The lowest BCUT2D eigenvalue weighted by Gasteiger charge is -2.26. The van der Waals surface area contributed by atoms with Crippen molar-refractivity contribution in [3.63, 3.8) is 0 Å². The molecule has 0 saturated heterocycles. The van der Waals surface area contributed by atoms with Crippen LogP contribution in [0.25, 0.3) is 0 Å². The van der Waals surface area contributed by atoms with Gasteiger partial charge in [-0.3, -0.25) is 14.9 Å². The number of esters is 2. The summed E-state index contributed by atoms with van der Waals surface area (Å²) in [6, 6.07) is -0.664. The number of methoxy groups -OCH3 is 2. The summed E-state index contributed by atoms with van der Waals surface area (Å²) in [5.74, 6) is -0.905. The SMILES string of the molecule is COC(=O)CC(NC(C)(C)C)C(=O)OC. The zero-order chi connectivity index (χ0) is 12.1. The number of carbonyl (C=O) groups is 2. The molecule has 0 spiro atoms. The van der Waals surface area contributed by atoms with E-state index >= 15 is 0 Å². The molecule has 0 bridgehead atoms. The van der Waals surface area contributed by atoms with Gasteiger partial charge in [0.1, 0.15) is 6.04 Å². The zero-order valence-electron chi connectivity index (χ0n) is 9.92. The Labute approximate surface area is 90.1 Å². The molecule has 0 aliphatic rings. The molecule has 0 radical (unpaired) electrons. The molecular formula is C10H19NO4. The summed E-state index contributed by atoms with van der Waals surface area (Å²) in [7, 11) is 2.57. The third kappa shape index (κ3) is 6.06. The number of hydrogen-bond acceptors (Lipinski definition) is 5. The molecule has 0 aromatic carbocycles. The van der Waals surface area contributed by atoms with Crippen molar-refractivity contribution in [1.82, 2.24) is 5.32 Å². The Kier molecular flexibility index (Phi) is 5.28. The van der Waals surface area contributed by atoms with E-state index in [0.717, 1.165) is 0 Å². The predicted octanol–water partition coefficient (Wildman–Crippen LogP) is 0.479. The van der Waals surface area contributed by atoms with Gasteiger partial charge in [0.2, 0.25) is 0 Å². The highest BCUT2D eigenvalue weighted by molar-refractivity contribution is 5.82. The molecule has 0 amide bonds. The van der Waals surface area contributed by atoms with E-state index in [-0.39, 0.29) is 12.0 Å². The van der Waals surface area contributed by atoms with E-state index in [2.05, 4.69) is 14.8 Å². The van der Waals surface area contributed by atoms with E-state index in [1.807, 2.05) is 20.8 Å². The molecule has 0 aliphatic carbocycles. The molecule has 0 aliphatic heterocycles. The molecule has 0 heterocycles. The largest absolute Gasteiger partial charge is 0.469 e. The summed E-state index contributed by atoms with van der Waals surface area (Å²) in [4.78, 5) is 22.4. The molecule has 15 heavy (non-hydrogen) atoms. The molecule has 5 nitrogen and oxygen atoms in total. The van der Waals surface area contributed by atoms with E-state index in [1.165, 1.54) is 14.2 Å². The number of ether oxygens (including phenoxy) is 2. The molecule has 0 saturated carbocycles. The van der Waals surface area contributed by atoms with Crippen molar-refractivity contribution in [2.45, 2.75) is 38.8 Å². The van der Waals surface area contributed by atoms with Crippen LogP contribution in [0.4, 0.5) is 0 Å². The van der Waals surface area contributed by atoms with Crippen LogP contribution < -0.4 is 5.32 Å². The lowest BCUT2D eigenvalue weighted by molar-refractivity contribution is -0.150. The Morgan fingerprint density at radius 1 is 1.20 bits per heavy atom. The monoisotopic (exact) mass is 217 g/mol. The number of rotatable bonds is 4. The van der Waals surface area contributed by atoms with Gasteiger partial charge in [-0.15, -0.1) is 0 Å². The van der Waals surface area contributed by atoms with Crippen molar-refractivity contribution in [2.75, 3.05) is 14.2 Å². The highest BCUT2D eigenvalue weighted by Crippen LogP contribution is 2.06. The first-order valence-electron chi connectivity index (χ1n) is 4.72. The minimum absolute atomic E-state index is 0.0273. The summed E-state index contributed by atoms with van der Waals surface area (Å²) < 4.78 is 9.10. The Balaban J connectivity index is 4.45. The second-order valence-electron chi connectivity index (χ2n) is 4.25. The van der Waals surface area contributed by atoms with E-state index in [0.29, 0.717) is 0 Å². The van der Waals surface area contributed by atoms with Crippen LogP contribution in [0.2, 0.25) is 0 Å². The summed E-state index contributed by atoms with van der Waals surface area (Å²) in [5, 5.41) is 3.00. The summed E-state index contributed by atoms with van der Waals surface area (Å²) >= 11 is 0. The van der Waals surface area contributed by atoms with Gasteiger partial charge in [0.05, 0.1) is 20.6 Å². The number of nitrogens with one attached hydrogen (secondary N) is 1. The average Bonchev–Trinajstić information content (AvgIpc) is 2.13. The van der Waals surface area contributed by atoms with Gasteiger partial charge in [-0.05, 0) is 20.8 Å². The molecule has 0 fully saturated rings. The summed E-state index contributed by atoms with van der Waals surface area (Å²) in [5.41, 5.74) is -0.271. The van der Waals surface area contributed by atoms with Gasteiger partial charge in [0, 0.05) is 5.54 Å². The van der Waals surface area contributed by atoms with Crippen molar-refractivity contribution < 1.29 is 19.1 Å². The van der Waals surface area contributed by atoms with Crippen LogP contribution in [0, 0.1) is 0 Å². The lowest BCUT2D eigenvalue weighted by atomic mass is 10.1. The molecule has 1 atom stereocenters. The van der Waals surface area contributed by atoms with Crippen LogP contribution in [0.5, 0.6) is 0 Å². The van der Waals surface area contributed by atoms with Gasteiger partial charge < -0.3 is 9.47 Å². The fourth-order valence-corrected chi connectivity index (χ4v) is 1.11. The molecule has 0 aromatic rings. The normalized spacial score (nSPS) is 13.1. The minimum Gasteiger partial charge on any atom is -0.469 e. The first-order chi connectivity index (χ1) is 6.80. The van der Waals surface area contributed by atoms with Crippen molar-refractivity contribution in [3.8, 4) is 0 Å². The van der Waals surface area contributed by atoms with Crippen LogP contribution >= 0.6 is 0 Å². The van der Waals surface area contributed by atoms with Crippen LogP contribution in [-0.4, -0.2) is 37.7 Å². The lowest BCUT2D eigenvalue weighted by Crippen LogP contribution is -2.49.